The molecule has 1 aromatic rings. The SMILES string of the molecule is CN(C)CCC(=O)N[C@@H](Cc1ccc(O)cc1)C(=O)O. The Morgan fingerprint density at radius 2 is 1.85 bits per heavy atom. The van der Waals surface area contributed by atoms with E-state index in [0.29, 0.717) is 6.54 Å². The molecule has 0 unspecified atom stereocenters. The molecule has 110 valence electrons. The van der Waals surface area contributed by atoms with Gasteiger partial charge in [-0.2, -0.15) is 0 Å². The van der Waals surface area contributed by atoms with Crippen LogP contribution in [0.3, 0.4) is 0 Å². The summed E-state index contributed by atoms with van der Waals surface area (Å²) in [4.78, 5) is 24.7. The Labute approximate surface area is 118 Å². The van der Waals surface area contributed by atoms with E-state index >= 15 is 0 Å². The van der Waals surface area contributed by atoms with Crippen molar-refractivity contribution in [2.45, 2.75) is 18.9 Å². The monoisotopic (exact) mass is 280 g/mol. The van der Waals surface area contributed by atoms with Crippen LogP contribution >= 0.6 is 0 Å². The number of phenols is 1. The number of carbonyl (C=O) groups is 2. The molecule has 0 aromatic heterocycles. The van der Waals surface area contributed by atoms with Gasteiger partial charge < -0.3 is 20.4 Å². The molecular weight excluding hydrogens is 260 g/mol. The van der Waals surface area contributed by atoms with E-state index in [1.54, 1.807) is 12.1 Å². The predicted octanol–water partition coefficient (Wildman–Crippen LogP) is 0.456. The molecule has 1 aromatic carbocycles. The number of hydrogen-bond acceptors (Lipinski definition) is 4. The fourth-order valence-electron chi connectivity index (χ4n) is 1.66. The van der Waals surface area contributed by atoms with Crippen molar-refractivity contribution in [3.63, 3.8) is 0 Å². The zero-order valence-electron chi connectivity index (χ0n) is 11.7. The highest BCUT2D eigenvalue weighted by Crippen LogP contribution is 2.11. The molecule has 0 aliphatic heterocycles. The first-order chi connectivity index (χ1) is 9.38. The lowest BCUT2D eigenvalue weighted by atomic mass is 10.1. The molecule has 0 saturated carbocycles. The molecule has 0 aliphatic carbocycles. The third kappa shape index (κ3) is 5.71. The molecule has 0 fully saturated rings. The van der Waals surface area contributed by atoms with Crippen LogP contribution in [0.25, 0.3) is 0 Å². The Kier molecular flexibility index (Phi) is 5.99. The van der Waals surface area contributed by atoms with Crippen molar-refractivity contribution in [3.05, 3.63) is 29.8 Å². The van der Waals surface area contributed by atoms with Crippen LogP contribution in [0, 0.1) is 0 Å². The summed E-state index contributed by atoms with van der Waals surface area (Å²) >= 11 is 0. The zero-order valence-corrected chi connectivity index (χ0v) is 11.7. The van der Waals surface area contributed by atoms with E-state index < -0.39 is 12.0 Å². The fraction of sp³-hybridized carbons (Fsp3) is 0.429. The van der Waals surface area contributed by atoms with Gasteiger partial charge in [-0.25, -0.2) is 4.79 Å². The van der Waals surface area contributed by atoms with Gasteiger partial charge in [0.1, 0.15) is 11.8 Å². The zero-order chi connectivity index (χ0) is 15.1. The Morgan fingerprint density at radius 1 is 1.25 bits per heavy atom. The molecule has 1 amide bonds. The van der Waals surface area contributed by atoms with E-state index in [2.05, 4.69) is 5.32 Å². The Bertz CT molecular complexity index is 457. The number of aromatic hydroxyl groups is 1. The summed E-state index contributed by atoms with van der Waals surface area (Å²) in [5.41, 5.74) is 0.739. The maximum Gasteiger partial charge on any atom is 0.326 e. The third-order valence-corrected chi connectivity index (χ3v) is 2.80. The first-order valence-electron chi connectivity index (χ1n) is 6.33. The van der Waals surface area contributed by atoms with Gasteiger partial charge in [0.25, 0.3) is 0 Å². The van der Waals surface area contributed by atoms with Gasteiger partial charge in [-0.1, -0.05) is 12.1 Å². The smallest absolute Gasteiger partial charge is 0.326 e. The Balaban J connectivity index is 2.58. The van der Waals surface area contributed by atoms with Crippen molar-refractivity contribution >= 4 is 11.9 Å². The number of phenolic OH excluding ortho intramolecular Hbond substituents is 1. The van der Waals surface area contributed by atoms with Crippen molar-refractivity contribution < 1.29 is 19.8 Å². The van der Waals surface area contributed by atoms with Gasteiger partial charge in [0, 0.05) is 19.4 Å². The molecule has 0 spiro atoms. The molecule has 0 saturated heterocycles. The number of carbonyl (C=O) groups excluding carboxylic acids is 1. The summed E-state index contributed by atoms with van der Waals surface area (Å²) in [5, 5.41) is 20.8. The minimum atomic E-state index is -1.07. The van der Waals surface area contributed by atoms with Gasteiger partial charge in [0.15, 0.2) is 0 Å². The lowest BCUT2D eigenvalue weighted by molar-refractivity contribution is -0.141. The van der Waals surface area contributed by atoms with Crippen LogP contribution in [0.5, 0.6) is 5.75 Å². The van der Waals surface area contributed by atoms with Crippen LogP contribution in [0.2, 0.25) is 0 Å². The summed E-state index contributed by atoms with van der Waals surface area (Å²) < 4.78 is 0. The van der Waals surface area contributed by atoms with Gasteiger partial charge >= 0.3 is 5.97 Å². The number of rotatable bonds is 7. The van der Waals surface area contributed by atoms with Crippen molar-refractivity contribution in [1.82, 2.24) is 10.2 Å². The van der Waals surface area contributed by atoms with E-state index in [1.165, 1.54) is 12.1 Å². The number of aliphatic carboxylic acids is 1. The summed E-state index contributed by atoms with van der Waals surface area (Å²) in [5.74, 6) is -1.24. The van der Waals surface area contributed by atoms with Crippen LogP contribution < -0.4 is 5.32 Å². The topological polar surface area (TPSA) is 89.9 Å². The van der Waals surface area contributed by atoms with Crippen molar-refractivity contribution in [2.75, 3.05) is 20.6 Å². The minimum Gasteiger partial charge on any atom is -0.508 e. The Hall–Kier alpha value is -2.08. The average molecular weight is 280 g/mol. The highest BCUT2D eigenvalue weighted by Gasteiger charge is 2.20. The van der Waals surface area contributed by atoms with Crippen LogP contribution in [0.15, 0.2) is 24.3 Å². The maximum absolute atomic E-state index is 11.7. The summed E-state index contributed by atoms with van der Waals surface area (Å²) in [7, 11) is 3.69. The number of benzene rings is 1. The molecular formula is C14H20N2O4. The molecule has 6 heteroatoms. The predicted molar refractivity (Wildman–Crippen MR) is 74.5 cm³/mol. The molecule has 20 heavy (non-hydrogen) atoms. The third-order valence-electron chi connectivity index (χ3n) is 2.80. The van der Waals surface area contributed by atoms with Gasteiger partial charge in [-0.3, -0.25) is 4.79 Å². The van der Waals surface area contributed by atoms with Gasteiger partial charge in [0.2, 0.25) is 5.91 Å². The van der Waals surface area contributed by atoms with Crippen LogP contribution in [-0.2, 0) is 16.0 Å². The lowest BCUT2D eigenvalue weighted by Crippen LogP contribution is -2.43. The van der Waals surface area contributed by atoms with E-state index in [0.717, 1.165) is 5.56 Å². The summed E-state index contributed by atoms with van der Waals surface area (Å²) in [6.45, 7) is 0.567. The van der Waals surface area contributed by atoms with Crippen LogP contribution in [-0.4, -0.2) is 53.7 Å². The molecule has 0 bridgehead atoms. The highest BCUT2D eigenvalue weighted by molar-refractivity contribution is 5.83. The molecule has 1 rings (SSSR count). The van der Waals surface area contributed by atoms with E-state index in [9.17, 15) is 14.7 Å². The summed E-state index contributed by atoms with van der Waals surface area (Å²) in [6, 6.07) is 5.29. The normalized spacial score (nSPS) is 12.2. The van der Waals surface area contributed by atoms with Gasteiger partial charge in [-0.05, 0) is 31.8 Å². The molecule has 0 aliphatic rings. The second-order valence-corrected chi connectivity index (χ2v) is 4.88. The second kappa shape index (κ2) is 7.49. The quantitative estimate of drug-likeness (QED) is 0.675. The number of nitrogens with one attached hydrogen (secondary N) is 1. The Morgan fingerprint density at radius 3 is 2.35 bits per heavy atom. The second-order valence-electron chi connectivity index (χ2n) is 4.88. The molecule has 1 atom stereocenters. The first kappa shape index (κ1) is 16.0. The van der Waals surface area contributed by atoms with Crippen molar-refractivity contribution in [1.29, 1.82) is 0 Å². The number of nitrogens with zero attached hydrogens (tertiary/aromatic N) is 1. The average Bonchev–Trinajstić information content (AvgIpc) is 2.38. The van der Waals surface area contributed by atoms with Crippen LogP contribution in [0.4, 0.5) is 0 Å². The van der Waals surface area contributed by atoms with Crippen molar-refractivity contribution in [2.24, 2.45) is 0 Å². The fourth-order valence-corrected chi connectivity index (χ4v) is 1.66. The number of carboxylic acids is 1. The van der Waals surface area contributed by atoms with Gasteiger partial charge in [0.05, 0.1) is 0 Å². The standard InChI is InChI=1S/C14H20N2O4/c1-16(2)8-7-13(18)15-12(14(19)20)9-10-3-5-11(17)6-4-10/h3-6,12,17H,7-9H2,1-2H3,(H,15,18)(H,19,20)/t12-/m0/s1. The number of carboxylic acid groups (broad SMARTS) is 1. The molecule has 3 N–H and O–H groups in total. The first-order valence-corrected chi connectivity index (χ1v) is 6.33. The highest BCUT2D eigenvalue weighted by atomic mass is 16.4. The lowest BCUT2D eigenvalue weighted by Gasteiger charge is -2.16. The van der Waals surface area contributed by atoms with E-state index in [-0.39, 0.29) is 24.5 Å². The van der Waals surface area contributed by atoms with E-state index in [1.807, 2.05) is 19.0 Å². The maximum atomic E-state index is 11.7. The molecule has 0 radical (unpaired) electrons. The summed E-state index contributed by atoms with van der Waals surface area (Å²) in [6.07, 6.45) is 0.440. The number of amides is 1. The van der Waals surface area contributed by atoms with Crippen LogP contribution in [0.1, 0.15) is 12.0 Å². The molecule has 0 heterocycles. The largest absolute Gasteiger partial charge is 0.508 e. The number of hydrogen-bond donors (Lipinski definition) is 3. The van der Waals surface area contributed by atoms with E-state index in [4.69, 9.17) is 5.11 Å². The van der Waals surface area contributed by atoms with Gasteiger partial charge in [-0.15, -0.1) is 0 Å². The molecule has 6 nitrogen and oxygen atoms in total. The minimum absolute atomic E-state index is 0.121. The van der Waals surface area contributed by atoms with Crippen molar-refractivity contribution in [3.8, 4) is 5.75 Å².